The smallest absolute Gasteiger partial charge is 0.203 e. The summed E-state index contributed by atoms with van der Waals surface area (Å²) >= 11 is 0. The van der Waals surface area contributed by atoms with Crippen molar-refractivity contribution >= 4 is 5.69 Å². The van der Waals surface area contributed by atoms with Crippen LogP contribution >= 0.6 is 0 Å². The monoisotopic (exact) mass is 355 g/mol. The molecule has 2 N–H and O–H groups in total. The third kappa shape index (κ3) is 2.99. The molecule has 0 aliphatic rings. The highest BCUT2D eigenvalue weighted by molar-refractivity contribution is 5.70. The van der Waals surface area contributed by atoms with E-state index in [4.69, 9.17) is 24.7 Å². The average molecular weight is 355 g/mol. The van der Waals surface area contributed by atoms with Gasteiger partial charge in [-0.05, 0) is 24.3 Å². The summed E-state index contributed by atoms with van der Waals surface area (Å²) in [5.41, 5.74) is 9.16. The van der Waals surface area contributed by atoms with Crippen LogP contribution in [0.5, 0.6) is 23.0 Å². The number of anilines is 1. The van der Waals surface area contributed by atoms with E-state index in [1.165, 1.54) is 0 Å². The lowest BCUT2D eigenvalue weighted by atomic mass is 10.1. The Morgan fingerprint density at radius 1 is 0.808 bits per heavy atom. The molecule has 1 heterocycles. The highest BCUT2D eigenvalue weighted by Gasteiger charge is 2.17. The van der Waals surface area contributed by atoms with Crippen LogP contribution in [0.2, 0.25) is 0 Å². The molecule has 0 fully saturated rings. The van der Waals surface area contributed by atoms with Crippen LogP contribution < -0.4 is 24.7 Å². The number of nitrogens with two attached hydrogens (primary N) is 1. The van der Waals surface area contributed by atoms with Gasteiger partial charge in [0.25, 0.3) is 0 Å². The lowest BCUT2D eigenvalue weighted by Gasteiger charge is -2.15. The molecule has 3 aromatic rings. The van der Waals surface area contributed by atoms with Gasteiger partial charge in [-0.1, -0.05) is 0 Å². The van der Waals surface area contributed by atoms with Crippen molar-refractivity contribution in [2.75, 3.05) is 34.2 Å². The maximum Gasteiger partial charge on any atom is 0.203 e. The van der Waals surface area contributed by atoms with Gasteiger partial charge in [0.2, 0.25) is 5.75 Å². The largest absolute Gasteiger partial charge is 0.495 e. The van der Waals surface area contributed by atoms with E-state index < -0.39 is 0 Å². The van der Waals surface area contributed by atoms with Gasteiger partial charge >= 0.3 is 0 Å². The third-order valence-electron chi connectivity index (χ3n) is 4.06. The normalized spacial score (nSPS) is 10.5. The summed E-state index contributed by atoms with van der Waals surface area (Å²) < 4.78 is 23.2. The molecule has 0 aliphatic heterocycles. The van der Waals surface area contributed by atoms with E-state index in [9.17, 15) is 0 Å². The molecule has 26 heavy (non-hydrogen) atoms. The first kappa shape index (κ1) is 17.5. The molecule has 0 saturated carbocycles. The fraction of sp³-hybridized carbons (Fsp3) is 0.211. The molecule has 2 aromatic carbocycles. The van der Waals surface area contributed by atoms with Crippen molar-refractivity contribution in [3.05, 3.63) is 42.6 Å². The molecule has 0 amide bonds. The third-order valence-corrected chi connectivity index (χ3v) is 4.06. The van der Waals surface area contributed by atoms with Crippen LogP contribution in [0.4, 0.5) is 5.69 Å². The molecule has 136 valence electrons. The highest BCUT2D eigenvalue weighted by atomic mass is 16.5. The van der Waals surface area contributed by atoms with E-state index in [2.05, 4.69) is 5.10 Å². The number of hydrogen-bond acceptors (Lipinski definition) is 6. The number of nitrogens with zero attached hydrogens (tertiary/aromatic N) is 2. The van der Waals surface area contributed by atoms with Crippen LogP contribution in [-0.4, -0.2) is 38.2 Å². The van der Waals surface area contributed by atoms with Crippen LogP contribution in [0, 0.1) is 0 Å². The lowest BCUT2D eigenvalue weighted by Crippen LogP contribution is -2.03. The van der Waals surface area contributed by atoms with Crippen LogP contribution in [-0.2, 0) is 0 Å². The Morgan fingerprint density at radius 3 is 2.00 bits per heavy atom. The fourth-order valence-electron chi connectivity index (χ4n) is 2.81. The van der Waals surface area contributed by atoms with Crippen LogP contribution in [0.25, 0.3) is 16.9 Å². The number of rotatable bonds is 6. The zero-order valence-corrected chi connectivity index (χ0v) is 15.1. The van der Waals surface area contributed by atoms with Crippen molar-refractivity contribution in [1.29, 1.82) is 0 Å². The topological polar surface area (TPSA) is 80.8 Å². The van der Waals surface area contributed by atoms with Crippen molar-refractivity contribution in [1.82, 2.24) is 9.78 Å². The SMILES string of the molecule is COc1ccc(-c2ccnn2-c2cc(OC)c(OC)c(OC)c2)cc1N. The zero-order valence-electron chi connectivity index (χ0n) is 15.1. The van der Waals surface area contributed by atoms with Gasteiger partial charge in [0.15, 0.2) is 11.5 Å². The van der Waals surface area contributed by atoms with E-state index in [0.717, 1.165) is 16.9 Å². The molecule has 0 radical (unpaired) electrons. The van der Waals surface area contributed by atoms with Gasteiger partial charge in [0, 0.05) is 17.7 Å². The number of aromatic nitrogens is 2. The van der Waals surface area contributed by atoms with E-state index in [1.807, 2.05) is 36.4 Å². The van der Waals surface area contributed by atoms with E-state index >= 15 is 0 Å². The predicted molar refractivity (Wildman–Crippen MR) is 99.6 cm³/mol. The molecule has 3 rings (SSSR count). The second-order valence-electron chi connectivity index (χ2n) is 5.47. The predicted octanol–water partition coefficient (Wildman–Crippen LogP) is 3.16. The number of nitrogen functional groups attached to an aromatic ring is 1. The van der Waals surface area contributed by atoms with Gasteiger partial charge in [-0.3, -0.25) is 0 Å². The minimum Gasteiger partial charge on any atom is -0.495 e. The second kappa shape index (κ2) is 7.26. The Kier molecular flexibility index (Phi) is 4.88. The van der Waals surface area contributed by atoms with Crippen molar-refractivity contribution in [2.24, 2.45) is 0 Å². The summed E-state index contributed by atoms with van der Waals surface area (Å²) in [5, 5.41) is 4.43. The van der Waals surface area contributed by atoms with Gasteiger partial charge in [-0.2, -0.15) is 5.10 Å². The fourth-order valence-corrected chi connectivity index (χ4v) is 2.81. The van der Waals surface area contributed by atoms with Crippen molar-refractivity contribution in [2.45, 2.75) is 0 Å². The van der Waals surface area contributed by atoms with Crippen molar-refractivity contribution in [3.63, 3.8) is 0 Å². The maximum absolute atomic E-state index is 6.04. The summed E-state index contributed by atoms with van der Waals surface area (Å²) in [5.74, 6) is 2.27. The molecule has 1 aromatic heterocycles. The molecule has 0 spiro atoms. The number of methoxy groups -OCH3 is 4. The zero-order chi connectivity index (χ0) is 18.7. The number of benzene rings is 2. The standard InChI is InChI=1S/C19H21N3O4/c1-23-16-6-5-12(9-14(16)20)15-7-8-21-22(15)13-10-17(24-2)19(26-4)18(11-13)25-3/h5-11H,20H2,1-4H3. The van der Waals surface area contributed by atoms with E-state index in [0.29, 0.717) is 28.7 Å². The lowest BCUT2D eigenvalue weighted by molar-refractivity contribution is 0.324. The first-order valence-corrected chi connectivity index (χ1v) is 7.91. The van der Waals surface area contributed by atoms with Gasteiger partial charge in [0.1, 0.15) is 5.75 Å². The molecule has 7 heteroatoms. The van der Waals surface area contributed by atoms with E-state index in [-0.39, 0.29) is 0 Å². The van der Waals surface area contributed by atoms with Gasteiger partial charge in [-0.15, -0.1) is 0 Å². The molecular formula is C19H21N3O4. The number of hydrogen-bond donors (Lipinski definition) is 1. The first-order chi connectivity index (χ1) is 12.6. The molecule has 0 bridgehead atoms. The van der Waals surface area contributed by atoms with Crippen LogP contribution in [0.15, 0.2) is 42.6 Å². The van der Waals surface area contributed by atoms with Gasteiger partial charge < -0.3 is 24.7 Å². The molecule has 0 saturated heterocycles. The molecular weight excluding hydrogens is 334 g/mol. The Bertz CT molecular complexity index is 896. The Balaban J connectivity index is 2.13. The Labute approximate surface area is 151 Å². The molecule has 0 atom stereocenters. The van der Waals surface area contributed by atoms with Gasteiger partial charge in [-0.25, -0.2) is 4.68 Å². The summed E-state index contributed by atoms with van der Waals surface area (Å²) in [6, 6.07) is 11.2. The summed E-state index contributed by atoms with van der Waals surface area (Å²) in [6.07, 6.45) is 1.72. The summed E-state index contributed by atoms with van der Waals surface area (Å²) in [6.45, 7) is 0. The van der Waals surface area contributed by atoms with Crippen molar-refractivity contribution < 1.29 is 18.9 Å². The second-order valence-corrected chi connectivity index (χ2v) is 5.47. The summed E-state index contributed by atoms with van der Waals surface area (Å²) in [7, 11) is 6.32. The molecule has 7 nitrogen and oxygen atoms in total. The highest BCUT2D eigenvalue weighted by Crippen LogP contribution is 2.40. The van der Waals surface area contributed by atoms with Gasteiger partial charge in [0.05, 0.1) is 51.7 Å². The number of ether oxygens (including phenoxy) is 4. The van der Waals surface area contributed by atoms with E-state index in [1.54, 1.807) is 39.3 Å². The average Bonchev–Trinajstić information content (AvgIpc) is 3.16. The first-order valence-electron chi connectivity index (χ1n) is 7.91. The Hall–Kier alpha value is -3.35. The van der Waals surface area contributed by atoms with Crippen LogP contribution in [0.1, 0.15) is 0 Å². The summed E-state index contributed by atoms with van der Waals surface area (Å²) in [4.78, 5) is 0. The van der Waals surface area contributed by atoms with Crippen LogP contribution in [0.3, 0.4) is 0 Å². The minimum absolute atomic E-state index is 0.529. The Morgan fingerprint density at radius 2 is 1.46 bits per heavy atom. The van der Waals surface area contributed by atoms with Crippen molar-refractivity contribution in [3.8, 4) is 39.9 Å². The maximum atomic E-state index is 6.04. The minimum atomic E-state index is 0.529. The molecule has 0 unspecified atom stereocenters. The molecule has 0 aliphatic carbocycles. The quantitative estimate of drug-likeness (QED) is 0.684.